The number of hydrogen-bond donors (Lipinski definition) is 2. The molecule has 2 aromatic rings. The number of carbonyl (C=O) groups excluding carboxylic acids is 1. The molecule has 0 radical (unpaired) electrons. The molecule has 3 heteroatoms. The summed E-state index contributed by atoms with van der Waals surface area (Å²) in [5.41, 5.74) is 3.11. The number of amides is 1. The zero-order valence-corrected chi connectivity index (χ0v) is 12.8. The summed E-state index contributed by atoms with van der Waals surface area (Å²) in [5, 5.41) is 6.34. The third-order valence-electron chi connectivity index (χ3n) is 3.36. The summed E-state index contributed by atoms with van der Waals surface area (Å²) in [6.07, 6.45) is 0. The Hall–Kier alpha value is -2.29. The average Bonchev–Trinajstić information content (AvgIpc) is 2.50. The number of carbonyl (C=O) groups is 1. The second kappa shape index (κ2) is 6.93. The van der Waals surface area contributed by atoms with Crippen molar-refractivity contribution in [2.75, 3.05) is 10.6 Å². The molecule has 0 spiro atoms. The fourth-order valence-corrected chi connectivity index (χ4v) is 2.01. The molecule has 1 atom stereocenters. The molecule has 0 aromatic heterocycles. The lowest BCUT2D eigenvalue weighted by molar-refractivity contribution is -0.118. The summed E-state index contributed by atoms with van der Waals surface area (Å²) in [4.78, 5) is 11.6. The predicted octanol–water partition coefficient (Wildman–Crippen LogP) is 4.45. The number of rotatable bonds is 5. The summed E-state index contributed by atoms with van der Waals surface area (Å²) < 4.78 is 0. The first-order valence-electron chi connectivity index (χ1n) is 7.28. The van der Waals surface area contributed by atoms with E-state index in [0.717, 1.165) is 11.4 Å². The van der Waals surface area contributed by atoms with Crippen LogP contribution in [0.1, 0.15) is 32.4 Å². The van der Waals surface area contributed by atoms with Gasteiger partial charge in [-0.1, -0.05) is 44.2 Å². The molecule has 1 unspecified atom stereocenters. The van der Waals surface area contributed by atoms with E-state index < -0.39 is 0 Å². The second-order valence-corrected chi connectivity index (χ2v) is 5.50. The van der Waals surface area contributed by atoms with Crippen molar-refractivity contribution in [2.24, 2.45) is 5.92 Å². The smallest absolute Gasteiger partial charge is 0.226 e. The monoisotopic (exact) mass is 282 g/mol. The van der Waals surface area contributed by atoms with Gasteiger partial charge in [0, 0.05) is 23.3 Å². The van der Waals surface area contributed by atoms with Gasteiger partial charge in [-0.25, -0.2) is 0 Å². The van der Waals surface area contributed by atoms with Crippen LogP contribution in [0.2, 0.25) is 0 Å². The molecule has 0 saturated heterocycles. The molecule has 3 nitrogen and oxygen atoms in total. The predicted molar refractivity (Wildman–Crippen MR) is 88.4 cm³/mol. The summed E-state index contributed by atoms with van der Waals surface area (Å²) in [5.74, 6) is 0.0225. The number of hydrogen-bond acceptors (Lipinski definition) is 2. The van der Waals surface area contributed by atoms with Gasteiger partial charge < -0.3 is 10.6 Å². The Morgan fingerprint density at radius 3 is 2.00 bits per heavy atom. The maximum absolute atomic E-state index is 11.6. The van der Waals surface area contributed by atoms with Gasteiger partial charge in [0.1, 0.15) is 0 Å². The van der Waals surface area contributed by atoms with E-state index in [-0.39, 0.29) is 17.9 Å². The Labute approximate surface area is 126 Å². The fraction of sp³-hybridized carbons (Fsp3) is 0.278. The molecule has 0 aliphatic carbocycles. The highest BCUT2D eigenvalue weighted by Gasteiger charge is 2.07. The quantitative estimate of drug-likeness (QED) is 0.850. The van der Waals surface area contributed by atoms with Gasteiger partial charge in [0.25, 0.3) is 0 Å². The standard InChI is InChI=1S/C18H22N2O/c1-13(2)18(21)20-17-11-9-16(10-12-17)19-14(3)15-7-5-4-6-8-15/h4-14,19H,1-3H3,(H,20,21). The van der Waals surface area contributed by atoms with Gasteiger partial charge >= 0.3 is 0 Å². The molecule has 2 aromatic carbocycles. The Kier molecular flexibility index (Phi) is 4.99. The molecule has 110 valence electrons. The van der Waals surface area contributed by atoms with Crippen LogP contribution in [0.3, 0.4) is 0 Å². The van der Waals surface area contributed by atoms with Crippen LogP contribution in [0, 0.1) is 5.92 Å². The van der Waals surface area contributed by atoms with Crippen LogP contribution < -0.4 is 10.6 Å². The Morgan fingerprint density at radius 1 is 0.857 bits per heavy atom. The van der Waals surface area contributed by atoms with Crippen molar-refractivity contribution in [3.05, 3.63) is 60.2 Å². The zero-order valence-electron chi connectivity index (χ0n) is 12.8. The Balaban J connectivity index is 1.98. The minimum absolute atomic E-state index is 0.0131. The van der Waals surface area contributed by atoms with Crippen LogP contribution in [0.4, 0.5) is 11.4 Å². The summed E-state index contributed by atoms with van der Waals surface area (Å²) >= 11 is 0. The van der Waals surface area contributed by atoms with E-state index in [0.29, 0.717) is 0 Å². The van der Waals surface area contributed by atoms with Gasteiger partial charge in [0.15, 0.2) is 0 Å². The topological polar surface area (TPSA) is 41.1 Å². The molecule has 0 fully saturated rings. The van der Waals surface area contributed by atoms with Crippen molar-refractivity contribution in [3.8, 4) is 0 Å². The van der Waals surface area contributed by atoms with Crippen LogP contribution in [-0.4, -0.2) is 5.91 Å². The molecular weight excluding hydrogens is 260 g/mol. The highest BCUT2D eigenvalue weighted by Crippen LogP contribution is 2.20. The first-order chi connectivity index (χ1) is 10.1. The molecule has 2 rings (SSSR count). The van der Waals surface area contributed by atoms with Crippen molar-refractivity contribution in [3.63, 3.8) is 0 Å². The Morgan fingerprint density at radius 2 is 1.43 bits per heavy atom. The molecule has 0 aliphatic rings. The largest absolute Gasteiger partial charge is 0.379 e. The lowest BCUT2D eigenvalue weighted by Gasteiger charge is -2.16. The van der Waals surface area contributed by atoms with Crippen LogP contribution >= 0.6 is 0 Å². The minimum Gasteiger partial charge on any atom is -0.379 e. The Bertz CT molecular complexity index is 576. The summed E-state index contributed by atoms with van der Waals surface area (Å²) in [6, 6.07) is 18.3. The number of anilines is 2. The minimum atomic E-state index is -0.0131. The van der Waals surface area contributed by atoms with Crippen molar-refractivity contribution in [2.45, 2.75) is 26.8 Å². The van der Waals surface area contributed by atoms with Crippen molar-refractivity contribution in [1.29, 1.82) is 0 Å². The molecule has 0 bridgehead atoms. The van der Waals surface area contributed by atoms with Crippen molar-refractivity contribution < 1.29 is 4.79 Å². The molecule has 1 amide bonds. The fourth-order valence-electron chi connectivity index (χ4n) is 2.01. The molecular formula is C18H22N2O. The highest BCUT2D eigenvalue weighted by molar-refractivity contribution is 5.92. The number of benzene rings is 2. The van der Waals surface area contributed by atoms with Gasteiger partial charge in [0.05, 0.1) is 0 Å². The molecule has 2 N–H and O–H groups in total. The maximum Gasteiger partial charge on any atom is 0.226 e. The third kappa shape index (κ3) is 4.35. The molecule has 0 aliphatic heterocycles. The van der Waals surface area contributed by atoms with Gasteiger partial charge in [-0.2, -0.15) is 0 Å². The SMILES string of the molecule is CC(C)C(=O)Nc1ccc(NC(C)c2ccccc2)cc1. The molecule has 0 saturated carbocycles. The van der Waals surface area contributed by atoms with Crippen LogP contribution in [0.5, 0.6) is 0 Å². The van der Waals surface area contributed by atoms with Crippen molar-refractivity contribution in [1.82, 2.24) is 0 Å². The lowest BCUT2D eigenvalue weighted by atomic mass is 10.1. The maximum atomic E-state index is 11.6. The van der Waals surface area contributed by atoms with E-state index in [1.807, 2.05) is 56.3 Å². The molecule has 21 heavy (non-hydrogen) atoms. The highest BCUT2D eigenvalue weighted by atomic mass is 16.1. The van der Waals surface area contributed by atoms with E-state index in [2.05, 4.69) is 29.7 Å². The van der Waals surface area contributed by atoms with Gasteiger partial charge in [-0.15, -0.1) is 0 Å². The third-order valence-corrected chi connectivity index (χ3v) is 3.36. The second-order valence-electron chi connectivity index (χ2n) is 5.50. The van der Waals surface area contributed by atoms with Gasteiger partial charge in [0.2, 0.25) is 5.91 Å². The lowest BCUT2D eigenvalue weighted by Crippen LogP contribution is -2.17. The van der Waals surface area contributed by atoms with E-state index in [9.17, 15) is 4.79 Å². The summed E-state index contributed by atoms with van der Waals surface area (Å²) in [7, 11) is 0. The van der Waals surface area contributed by atoms with E-state index in [1.54, 1.807) is 0 Å². The van der Waals surface area contributed by atoms with Gasteiger partial charge in [-0.05, 0) is 36.8 Å². The zero-order chi connectivity index (χ0) is 15.2. The van der Waals surface area contributed by atoms with Crippen LogP contribution in [0.25, 0.3) is 0 Å². The first kappa shape index (κ1) is 15.1. The van der Waals surface area contributed by atoms with E-state index in [1.165, 1.54) is 5.56 Å². The van der Waals surface area contributed by atoms with Crippen LogP contribution in [0.15, 0.2) is 54.6 Å². The normalized spacial score (nSPS) is 12.0. The molecule has 0 heterocycles. The van der Waals surface area contributed by atoms with Crippen LogP contribution in [-0.2, 0) is 4.79 Å². The van der Waals surface area contributed by atoms with E-state index >= 15 is 0 Å². The number of nitrogens with one attached hydrogen (secondary N) is 2. The summed E-state index contributed by atoms with van der Waals surface area (Å²) in [6.45, 7) is 5.89. The van der Waals surface area contributed by atoms with Gasteiger partial charge in [-0.3, -0.25) is 4.79 Å². The first-order valence-corrected chi connectivity index (χ1v) is 7.28. The average molecular weight is 282 g/mol. The van der Waals surface area contributed by atoms with E-state index in [4.69, 9.17) is 0 Å². The van der Waals surface area contributed by atoms with Crippen molar-refractivity contribution >= 4 is 17.3 Å².